The summed E-state index contributed by atoms with van der Waals surface area (Å²) in [6.07, 6.45) is 0.325. The molecule has 0 aromatic heterocycles. The number of hydrogen-bond donors (Lipinski definition) is 1. The predicted molar refractivity (Wildman–Crippen MR) is 56.9 cm³/mol. The molecule has 2 nitrogen and oxygen atoms in total. The van der Waals surface area contributed by atoms with Gasteiger partial charge in [-0.3, -0.25) is 0 Å². The van der Waals surface area contributed by atoms with Gasteiger partial charge >= 0.3 is 5.97 Å². The fourth-order valence-electron chi connectivity index (χ4n) is 1.19. The first-order valence-corrected chi connectivity index (χ1v) is 4.94. The van der Waals surface area contributed by atoms with Crippen LogP contribution in [0.5, 0.6) is 0 Å². The van der Waals surface area contributed by atoms with Crippen molar-refractivity contribution in [1.29, 1.82) is 0 Å². The van der Waals surface area contributed by atoms with Gasteiger partial charge < -0.3 is 5.11 Å². The number of rotatable bonds is 3. The van der Waals surface area contributed by atoms with Crippen molar-refractivity contribution in [3.05, 3.63) is 34.9 Å². The van der Waals surface area contributed by atoms with Crippen LogP contribution < -0.4 is 0 Å². The zero-order chi connectivity index (χ0) is 10.8. The van der Waals surface area contributed by atoms with E-state index < -0.39 is 10.8 Å². The van der Waals surface area contributed by atoms with Crippen LogP contribution in [0.4, 0.5) is 0 Å². The second-order valence-electron chi connectivity index (χ2n) is 2.97. The average Bonchev–Trinajstić information content (AvgIpc) is 2.17. The highest BCUT2D eigenvalue weighted by Gasteiger charge is 2.36. The molecule has 0 spiro atoms. The molecule has 1 aromatic carbocycles. The van der Waals surface area contributed by atoms with Gasteiger partial charge in [0, 0.05) is 5.02 Å². The van der Waals surface area contributed by atoms with Crippen LogP contribution >= 0.6 is 23.2 Å². The van der Waals surface area contributed by atoms with E-state index in [0.29, 0.717) is 17.0 Å². The maximum absolute atomic E-state index is 11.0. The molecule has 0 fully saturated rings. The number of halogens is 2. The maximum atomic E-state index is 11.0. The zero-order valence-electron chi connectivity index (χ0n) is 7.63. The Morgan fingerprint density at radius 3 is 2.29 bits per heavy atom. The molecule has 14 heavy (non-hydrogen) atoms. The number of hydrogen-bond acceptors (Lipinski definition) is 1. The summed E-state index contributed by atoms with van der Waals surface area (Å²) in [6.45, 7) is 1.73. The molecule has 0 saturated carbocycles. The molecule has 0 aliphatic heterocycles. The number of carbonyl (C=O) groups is 1. The maximum Gasteiger partial charge on any atom is 0.329 e. The van der Waals surface area contributed by atoms with Crippen molar-refractivity contribution in [2.75, 3.05) is 0 Å². The molecule has 76 valence electrons. The Morgan fingerprint density at radius 2 is 1.93 bits per heavy atom. The van der Waals surface area contributed by atoms with Crippen molar-refractivity contribution in [2.24, 2.45) is 0 Å². The molecular formula is C10H10Cl2O2. The van der Waals surface area contributed by atoms with E-state index in [2.05, 4.69) is 0 Å². The quantitative estimate of drug-likeness (QED) is 0.813. The lowest BCUT2D eigenvalue weighted by Crippen LogP contribution is -2.28. The summed E-state index contributed by atoms with van der Waals surface area (Å²) >= 11 is 11.7. The number of aliphatic carboxylic acids is 1. The Morgan fingerprint density at radius 1 is 1.43 bits per heavy atom. The van der Waals surface area contributed by atoms with Crippen molar-refractivity contribution in [3.8, 4) is 0 Å². The highest BCUT2D eigenvalue weighted by molar-refractivity contribution is 6.34. The minimum Gasteiger partial charge on any atom is -0.480 e. The van der Waals surface area contributed by atoms with Crippen molar-refractivity contribution in [2.45, 2.75) is 18.2 Å². The van der Waals surface area contributed by atoms with Gasteiger partial charge in [-0.2, -0.15) is 0 Å². The summed E-state index contributed by atoms with van der Waals surface area (Å²) in [5, 5.41) is 9.55. The molecule has 0 aliphatic carbocycles. The van der Waals surface area contributed by atoms with Gasteiger partial charge in [-0.25, -0.2) is 4.79 Å². The largest absolute Gasteiger partial charge is 0.480 e. The van der Waals surface area contributed by atoms with Crippen LogP contribution in [0.3, 0.4) is 0 Å². The summed E-state index contributed by atoms with van der Waals surface area (Å²) in [5.41, 5.74) is 0.554. The fraction of sp³-hybridized carbons (Fsp3) is 0.300. The highest BCUT2D eigenvalue weighted by atomic mass is 35.5. The van der Waals surface area contributed by atoms with Crippen LogP contribution in [-0.4, -0.2) is 11.1 Å². The third kappa shape index (κ3) is 2.02. The first-order valence-electron chi connectivity index (χ1n) is 4.19. The van der Waals surface area contributed by atoms with E-state index in [9.17, 15) is 4.79 Å². The van der Waals surface area contributed by atoms with Crippen LogP contribution in [0.15, 0.2) is 24.3 Å². The second kappa shape index (κ2) is 4.20. The molecule has 0 bridgehead atoms. The first-order chi connectivity index (χ1) is 6.50. The molecule has 1 atom stereocenters. The minimum absolute atomic E-state index is 0.325. The number of carboxylic acids is 1. The molecule has 0 saturated heterocycles. The smallest absolute Gasteiger partial charge is 0.329 e. The van der Waals surface area contributed by atoms with Gasteiger partial charge in [-0.1, -0.05) is 30.7 Å². The van der Waals surface area contributed by atoms with Gasteiger partial charge in [0.1, 0.15) is 0 Å². The molecule has 0 radical (unpaired) electrons. The van der Waals surface area contributed by atoms with Crippen molar-refractivity contribution in [3.63, 3.8) is 0 Å². The third-order valence-corrected chi connectivity index (χ3v) is 3.03. The molecule has 0 heterocycles. The van der Waals surface area contributed by atoms with Gasteiger partial charge in [0.2, 0.25) is 0 Å². The molecule has 4 heteroatoms. The summed E-state index contributed by atoms with van der Waals surface area (Å²) in [4.78, 5) is 9.63. The highest BCUT2D eigenvalue weighted by Crippen LogP contribution is 2.33. The molecular weight excluding hydrogens is 223 g/mol. The van der Waals surface area contributed by atoms with Crippen molar-refractivity contribution in [1.82, 2.24) is 0 Å². The monoisotopic (exact) mass is 232 g/mol. The van der Waals surface area contributed by atoms with Crippen molar-refractivity contribution < 1.29 is 9.90 Å². The lowest BCUT2D eigenvalue weighted by Gasteiger charge is -2.20. The Balaban J connectivity index is 3.13. The molecule has 0 amide bonds. The van der Waals surface area contributed by atoms with E-state index >= 15 is 0 Å². The van der Waals surface area contributed by atoms with Gasteiger partial charge in [0.15, 0.2) is 4.87 Å². The Labute approximate surface area is 92.5 Å². The lowest BCUT2D eigenvalue weighted by atomic mass is 9.96. The van der Waals surface area contributed by atoms with Gasteiger partial charge in [0.25, 0.3) is 0 Å². The van der Waals surface area contributed by atoms with Crippen LogP contribution in [-0.2, 0) is 9.67 Å². The Bertz CT molecular complexity index is 334. The van der Waals surface area contributed by atoms with Gasteiger partial charge in [-0.15, -0.1) is 11.6 Å². The minimum atomic E-state index is -1.34. The molecule has 0 aliphatic rings. The zero-order valence-corrected chi connectivity index (χ0v) is 9.14. The van der Waals surface area contributed by atoms with E-state index in [0.717, 1.165) is 0 Å². The topological polar surface area (TPSA) is 37.3 Å². The second-order valence-corrected chi connectivity index (χ2v) is 4.05. The van der Waals surface area contributed by atoms with Crippen molar-refractivity contribution >= 4 is 29.2 Å². The predicted octanol–water partition coefficient (Wildman–Crippen LogP) is 3.27. The lowest BCUT2D eigenvalue weighted by molar-refractivity contribution is -0.140. The number of alkyl halides is 1. The van der Waals surface area contributed by atoms with Crippen LogP contribution in [0.1, 0.15) is 18.9 Å². The normalized spacial score (nSPS) is 14.8. The Kier molecular flexibility index (Phi) is 3.40. The number of carboxylic acid groups (broad SMARTS) is 1. The van der Waals surface area contributed by atoms with Crippen LogP contribution in [0, 0.1) is 0 Å². The number of benzene rings is 1. The third-order valence-electron chi connectivity index (χ3n) is 2.13. The first kappa shape index (κ1) is 11.3. The molecule has 1 N–H and O–H groups in total. The van der Waals surface area contributed by atoms with E-state index in [1.165, 1.54) is 0 Å². The fourth-order valence-corrected chi connectivity index (χ4v) is 1.44. The SMILES string of the molecule is CCC(Cl)(C(=O)O)c1ccc(Cl)cc1. The van der Waals surface area contributed by atoms with E-state index in [1.807, 2.05) is 0 Å². The summed E-state index contributed by atoms with van der Waals surface area (Å²) in [7, 11) is 0. The summed E-state index contributed by atoms with van der Waals surface area (Å²) in [5.74, 6) is -1.04. The molecule has 1 unspecified atom stereocenters. The average molecular weight is 233 g/mol. The molecule has 1 aromatic rings. The van der Waals surface area contributed by atoms with Crippen LogP contribution in [0.25, 0.3) is 0 Å². The van der Waals surface area contributed by atoms with E-state index in [-0.39, 0.29) is 0 Å². The van der Waals surface area contributed by atoms with E-state index in [4.69, 9.17) is 28.3 Å². The molecule has 1 rings (SSSR count). The summed E-state index contributed by atoms with van der Waals surface area (Å²) in [6, 6.07) is 6.53. The van der Waals surface area contributed by atoms with Gasteiger partial charge in [-0.05, 0) is 24.1 Å². The standard InChI is InChI=1S/C10H10Cl2O2/c1-2-10(12,9(13)14)7-3-5-8(11)6-4-7/h3-6H,2H2,1H3,(H,13,14). The van der Waals surface area contributed by atoms with E-state index in [1.54, 1.807) is 31.2 Å². The summed E-state index contributed by atoms with van der Waals surface area (Å²) < 4.78 is 0. The Hall–Kier alpha value is -0.730. The van der Waals surface area contributed by atoms with Crippen LogP contribution in [0.2, 0.25) is 5.02 Å². The van der Waals surface area contributed by atoms with Gasteiger partial charge in [0.05, 0.1) is 0 Å².